The molecule has 0 saturated carbocycles. The van der Waals surface area contributed by atoms with Crippen LogP contribution in [0.5, 0.6) is 0 Å². The summed E-state index contributed by atoms with van der Waals surface area (Å²) in [5, 5.41) is 0. The van der Waals surface area contributed by atoms with Crippen molar-refractivity contribution in [2.24, 2.45) is 0 Å². The van der Waals surface area contributed by atoms with Crippen molar-refractivity contribution >= 4 is 11.6 Å². The topological polar surface area (TPSA) is 0 Å². The average Bonchev–Trinajstić information content (AvgIpc) is 3.51. The van der Waals surface area contributed by atoms with Crippen molar-refractivity contribution in [3.8, 4) is 0 Å². The van der Waals surface area contributed by atoms with Crippen LogP contribution < -0.4 is 0 Å². The standard InChI is InChI=1S/C58H48/c1-5-20-43(21-6-2)44(22-7-3)36-33-42-34-37-45(38-35-42)46-39-40-56(4)49-27-14-15-28-50(49)58(55(56)41-46)53-31-18-16-29-51(53)57(47-23-10-8-11-24-47,48-25-12-9-13-26-48)52-30-17-19-32-54(52)58/h5-39,41H,1,3,40H2,2,4H3/b21-6-,36-33-,43-20+,44-22+. The molecular weight excluding hydrogens is 697 g/mol. The lowest BCUT2D eigenvalue weighted by atomic mass is 9.50. The predicted molar refractivity (Wildman–Crippen MR) is 246 cm³/mol. The van der Waals surface area contributed by atoms with E-state index in [2.05, 4.69) is 208 Å². The number of hydrogen-bond acceptors (Lipinski definition) is 0. The number of benzene rings is 6. The van der Waals surface area contributed by atoms with Crippen LogP contribution in [-0.4, -0.2) is 0 Å². The summed E-state index contributed by atoms with van der Waals surface area (Å²) in [5.74, 6) is 0. The normalized spacial score (nSPS) is 18.9. The van der Waals surface area contributed by atoms with Crippen LogP contribution in [-0.2, 0) is 16.2 Å². The minimum absolute atomic E-state index is 0.194. The number of allylic oxidation sites excluding steroid dienone is 13. The van der Waals surface area contributed by atoms with Crippen LogP contribution in [0.3, 0.4) is 0 Å². The lowest BCUT2D eigenvalue weighted by Crippen LogP contribution is -2.46. The van der Waals surface area contributed by atoms with Crippen LogP contribution in [0.25, 0.3) is 11.6 Å². The highest BCUT2D eigenvalue weighted by atomic mass is 14.6. The van der Waals surface area contributed by atoms with E-state index in [4.69, 9.17) is 0 Å². The first-order valence-corrected chi connectivity index (χ1v) is 20.4. The van der Waals surface area contributed by atoms with Crippen molar-refractivity contribution in [2.45, 2.75) is 36.5 Å². The Balaban J connectivity index is 1.24. The summed E-state index contributed by atoms with van der Waals surface area (Å²) >= 11 is 0. The Kier molecular flexibility index (Phi) is 9.50. The van der Waals surface area contributed by atoms with Crippen molar-refractivity contribution < 1.29 is 0 Å². The molecule has 0 heteroatoms. The maximum atomic E-state index is 3.95. The molecule has 0 heterocycles. The lowest BCUT2D eigenvalue weighted by molar-refractivity contribution is 0.524. The second-order valence-electron chi connectivity index (χ2n) is 15.8. The Labute approximate surface area is 344 Å². The molecule has 9 rings (SSSR count). The molecule has 0 aliphatic heterocycles. The summed E-state index contributed by atoms with van der Waals surface area (Å²) in [7, 11) is 0. The summed E-state index contributed by atoms with van der Waals surface area (Å²) in [5.41, 5.74) is 16.8. The third-order valence-corrected chi connectivity index (χ3v) is 12.8. The Hall–Kier alpha value is -6.76. The van der Waals surface area contributed by atoms with E-state index in [1.807, 2.05) is 37.3 Å². The van der Waals surface area contributed by atoms with Gasteiger partial charge in [-0.1, -0.05) is 239 Å². The van der Waals surface area contributed by atoms with Crippen molar-refractivity contribution in [1.82, 2.24) is 0 Å². The minimum Gasteiger partial charge on any atom is -0.0990 e. The first-order chi connectivity index (χ1) is 28.5. The van der Waals surface area contributed by atoms with Gasteiger partial charge in [0.15, 0.2) is 0 Å². The van der Waals surface area contributed by atoms with Gasteiger partial charge in [0, 0.05) is 5.41 Å². The van der Waals surface area contributed by atoms with Gasteiger partial charge in [-0.2, -0.15) is 0 Å². The highest BCUT2D eigenvalue weighted by Crippen LogP contribution is 2.68. The van der Waals surface area contributed by atoms with E-state index in [0.717, 1.165) is 23.1 Å². The van der Waals surface area contributed by atoms with Gasteiger partial charge in [-0.15, -0.1) is 0 Å². The van der Waals surface area contributed by atoms with Gasteiger partial charge in [0.25, 0.3) is 0 Å². The van der Waals surface area contributed by atoms with Crippen LogP contribution in [0.2, 0.25) is 0 Å². The molecule has 280 valence electrons. The second kappa shape index (κ2) is 15.0. The Bertz CT molecular complexity index is 2640. The summed E-state index contributed by atoms with van der Waals surface area (Å²) < 4.78 is 0. The molecule has 0 radical (unpaired) electrons. The van der Waals surface area contributed by atoms with Gasteiger partial charge in [-0.3, -0.25) is 0 Å². The Morgan fingerprint density at radius 2 is 0.966 bits per heavy atom. The molecule has 1 atom stereocenters. The van der Waals surface area contributed by atoms with Gasteiger partial charge < -0.3 is 0 Å². The van der Waals surface area contributed by atoms with Gasteiger partial charge in [0.2, 0.25) is 0 Å². The first kappa shape index (κ1) is 36.9. The van der Waals surface area contributed by atoms with Crippen molar-refractivity contribution in [3.63, 3.8) is 0 Å². The molecule has 0 fully saturated rings. The maximum absolute atomic E-state index is 3.95. The monoisotopic (exact) mass is 744 g/mol. The van der Waals surface area contributed by atoms with Crippen LogP contribution in [0.4, 0.5) is 0 Å². The van der Waals surface area contributed by atoms with E-state index in [1.165, 1.54) is 61.2 Å². The van der Waals surface area contributed by atoms with Gasteiger partial charge in [0.05, 0.1) is 10.8 Å². The zero-order valence-corrected chi connectivity index (χ0v) is 33.4. The van der Waals surface area contributed by atoms with Crippen LogP contribution >= 0.6 is 0 Å². The smallest absolute Gasteiger partial charge is 0.0708 e. The fourth-order valence-electron chi connectivity index (χ4n) is 10.4. The van der Waals surface area contributed by atoms with Crippen LogP contribution in [0, 0.1) is 0 Å². The molecule has 0 nitrogen and oxygen atoms in total. The summed E-state index contributed by atoms with van der Waals surface area (Å²) in [4.78, 5) is 0. The quantitative estimate of drug-likeness (QED) is 0.129. The molecule has 58 heavy (non-hydrogen) atoms. The average molecular weight is 745 g/mol. The molecule has 3 aliphatic rings. The molecule has 1 spiro atoms. The number of hydrogen-bond donors (Lipinski definition) is 0. The summed E-state index contributed by atoms with van der Waals surface area (Å²) in [6.45, 7) is 12.4. The molecular formula is C58H48. The van der Waals surface area contributed by atoms with Gasteiger partial charge in [0.1, 0.15) is 0 Å². The first-order valence-electron chi connectivity index (χ1n) is 20.4. The largest absolute Gasteiger partial charge is 0.0990 e. The zero-order valence-electron chi connectivity index (χ0n) is 33.4. The molecule has 6 aromatic rings. The molecule has 3 aliphatic carbocycles. The third kappa shape index (κ3) is 5.51. The number of fused-ring (bicyclic) bond motifs is 9. The zero-order chi connectivity index (χ0) is 39.7. The van der Waals surface area contributed by atoms with Gasteiger partial charge in [-0.25, -0.2) is 0 Å². The van der Waals surface area contributed by atoms with Gasteiger partial charge in [-0.05, 0) is 91.3 Å². The lowest BCUT2D eigenvalue weighted by Gasteiger charge is -2.51. The SMILES string of the molecule is C=C/C=C(\C=C/C)C(/C=C\c1ccc(C2=CCC3(C)C(=C2)C2(c4ccccc43)c3ccccc3C(c3ccccc3)(c3ccccc3)c3ccccc32)cc1)=C/C=C. The van der Waals surface area contributed by atoms with E-state index in [1.54, 1.807) is 0 Å². The molecule has 0 N–H and O–H groups in total. The van der Waals surface area contributed by atoms with Crippen molar-refractivity contribution in [1.29, 1.82) is 0 Å². The van der Waals surface area contributed by atoms with Crippen LogP contribution in [0.15, 0.2) is 242 Å². The Morgan fingerprint density at radius 1 is 0.517 bits per heavy atom. The van der Waals surface area contributed by atoms with E-state index in [9.17, 15) is 0 Å². The number of rotatable bonds is 9. The van der Waals surface area contributed by atoms with E-state index >= 15 is 0 Å². The summed E-state index contributed by atoms with van der Waals surface area (Å²) in [6, 6.07) is 59.3. The fraction of sp³-hybridized carbons (Fsp3) is 0.103. The molecule has 0 saturated heterocycles. The van der Waals surface area contributed by atoms with Crippen molar-refractivity contribution in [3.05, 3.63) is 298 Å². The fourth-order valence-corrected chi connectivity index (χ4v) is 10.4. The third-order valence-electron chi connectivity index (χ3n) is 12.8. The highest BCUT2D eigenvalue weighted by Gasteiger charge is 2.61. The van der Waals surface area contributed by atoms with E-state index in [-0.39, 0.29) is 5.41 Å². The molecule has 6 aromatic carbocycles. The van der Waals surface area contributed by atoms with Crippen LogP contribution in [0.1, 0.15) is 75.9 Å². The summed E-state index contributed by atoms with van der Waals surface area (Å²) in [6.07, 6.45) is 22.1. The molecule has 0 bridgehead atoms. The second-order valence-corrected chi connectivity index (χ2v) is 15.8. The van der Waals surface area contributed by atoms with Gasteiger partial charge >= 0.3 is 0 Å². The van der Waals surface area contributed by atoms with E-state index < -0.39 is 10.8 Å². The van der Waals surface area contributed by atoms with E-state index in [0.29, 0.717) is 0 Å². The molecule has 0 amide bonds. The maximum Gasteiger partial charge on any atom is 0.0708 e. The minimum atomic E-state index is -0.512. The molecule has 1 unspecified atom stereocenters. The predicted octanol–water partition coefficient (Wildman–Crippen LogP) is 14.2. The molecule has 0 aromatic heterocycles. The van der Waals surface area contributed by atoms with Crippen molar-refractivity contribution in [2.75, 3.05) is 0 Å². The highest BCUT2D eigenvalue weighted by molar-refractivity contribution is 5.86. The Morgan fingerprint density at radius 3 is 1.47 bits per heavy atom.